The Hall–Kier alpha value is -4.87. The maximum atomic E-state index is 14.0. The van der Waals surface area contributed by atoms with E-state index in [-0.39, 0.29) is 18.8 Å². The van der Waals surface area contributed by atoms with Crippen molar-refractivity contribution in [3.05, 3.63) is 121 Å². The summed E-state index contributed by atoms with van der Waals surface area (Å²) in [6, 6.07) is 23.3. The normalized spacial score (nSPS) is 14.6. The van der Waals surface area contributed by atoms with Gasteiger partial charge in [0.2, 0.25) is 0 Å². The minimum atomic E-state index is -0.760. The minimum Gasteiger partial charge on any atom is -0.497 e. The number of carbonyl (C=O) groups excluding carboxylic acids is 1. The molecule has 3 aromatic carbocycles. The number of hydrogen-bond donors (Lipinski definition) is 0. The lowest BCUT2D eigenvalue weighted by molar-refractivity contribution is -0.138. The van der Waals surface area contributed by atoms with Crippen molar-refractivity contribution in [3.63, 3.8) is 0 Å². The highest BCUT2D eigenvalue weighted by molar-refractivity contribution is 7.07. The molecule has 0 amide bonds. The number of nitrogens with zero attached hydrogens (tertiary/aromatic N) is 2. The van der Waals surface area contributed by atoms with Gasteiger partial charge in [-0.2, -0.15) is 0 Å². The molecule has 0 fully saturated rings. The molecule has 0 unspecified atom stereocenters. The summed E-state index contributed by atoms with van der Waals surface area (Å²) in [6.07, 6.45) is 7.10. The van der Waals surface area contributed by atoms with Gasteiger partial charge in [0, 0.05) is 5.56 Å². The highest BCUT2D eigenvalue weighted by Gasteiger charge is 2.35. The van der Waals surface area contributed by atoms with Gasteiger partial charge in [0.05, 0.1) is 35.6 Å². The first kappa shape index (κ1) is 26.7. The zero-order valence-electron chi connectivity index (χ0n) is 22.0. The van der Waals surface area contributed by atoms with Gasteiger partial charge in [-0.15, -0.1) is 6.42 Å². The summed E-state index contributed by atoms with van der Waals surface area (Å²) in [6.45, 7) is 2.08. The molecule has 40 heavy (non-hydrogen) atoms. The molecule has 4 aromatic rings. The number of thiazole rings is 1. The second-order valence-corrected chi connectivity index (χ2v) is 9.78. The van der Waals surface area contributed by atoms with E-state index in [9.17, 15) is 9.59 Å². The lowest BCUT2D eigenvalue weighted by Crippen LogP contribution is -2.40. The maximum Gasteiger partial charge on any atom is 0.338 e. The first-order valence-electron chi connectivity index (χ1n) is 12.6. The fourth-order valence-corrected chi connectivity index (χ4v) is 5.51. The summed E-state index contributed by atoms with van der Waals surface area (Å²) in [7, 11) is 1.59. The SMILES string of the molecule is C#CCOc1cccc(/C=c2\sc3n(c2=O)[C@H](c2ccc(OC)cc2)C(C(=O)OCC)=C(c2ccccc2)N=3)c1. The Bertz CT molecular complexity index is 1790. The predicted octanol–water partition coefficient (Wildman–Crippen LogP) is 3.96. The fraction of sp³-hybridized carbons (Fsp3) is 0.156. The van der Waals surface area contributed by atoms with Gasteiger partial charge < -0.3 is 14.2 Å². The van der Waals surface area contributed by atoms with E-state index in [1.807, 2.05) is 60.7 Å². The number of rotatable bonds is 8. The van der Waals surface area contributed by atoms with Gasteiger partial charge in [0.15, 0.2) is 4.80 Å². The quantitative estimate of drug-likeness (QED) is 0.245. The molecule has 0 aliphatic carbocycles. The van der Waals surface area contributed by atoms with Gasteiger partial charge in [-0.05, 0) is 48.4 Å². The molecule has 1 aliphatic rings. The van der Waals surface area contributed by atoms with Crippen molar-refractivity contribution < 1.29 is 19.0 Å². The van der Waals surface area contributed by atoms with Crippen LogP contribution < -0.4 is 24.4 Å². The molecule has 1 atom stereocenters. The summed E-state index contributed by atoms with van der Waals surface area (Å²) in [5.41, 5.74) is 2.74. The van der Waals surface area contributed by atoms with Crippen molar-refractivity contribution in [1.29, 1.82) is 0 Å². The smallest absolute Gasteiger partial charge is 0.338 e. The molecule has 1 aliphatic heterocycles. The molecule has 5 rings (SSSR count). The molecule has 7 nitrogen and oxygen atoms in total. The maximum absolute atomic E-state index is 14.0. The summed E-state index contributed by atoms with van der Waals surface area (Å²) in [4.78, 5) is 32.8. The second kappa shape index (κ2) is 11.9. The first-order valence-corrected chi connectivity index (χ1v) is 13.4. The average molecular weight is 551 g/mol. The molecule has 0 N–H and O–H groups in total. The zero-order chi connectivity index (χ0) is 28.1. The Morgan fingerprint density at radius 3 is 2.55 bits per heavy atom. The van der Waals surface area contributed by atoms with Crippen molar-refractivity contribution in [1.82, 2.24) is 4.57 Å². The summed E-state index contributed by atoms with van der Waals surface area (Å²) in [5, 5.41) is 0. The van der Waals surface area contributed by atoms with Crippen molar-refractivity contribution in [2.45, 2.75) is 13.0 Å². The first-order chi connectivity index (χ1) is 19.5. The van der Waals surface area contributed by atoms with Crippen LogP contribution >= 0.6 is 11.3 Å². The lowest BCUT2D eigenvalue weighted by atomic mass is 9.93. The Labute approximate surface area is 235 Å². The van der Waals surface area contributed by atoms with E-state index in [0.29, 0.717) is 32.1 Å². The lowest BCUT2D eigenvalue weighted by Gasteiger charge is -2.26. The number of hydrogen-bond acceptors (Lipinski definition) is 7. The molecular weight excluding hydrogens is 524 g/mol. The van der Waals surface area contributed by atoms with Crippen LogP contribution in [0.5, 0.6) is 11.5 Å². The van der Waals surface area contributed by atoms with E-state index in [4.69, 9.17) is 25.6 Å². The van der Waals surface area contributed by atoms with Crippen LogP contribution in [0.4, 0.5) is 0 Å². The summed E-state index contributed by atoms with van der Waals surface area (Å²) < 4.78 is 18.4. The van der Waals surface area contributed by atoms with E-state index < -0.39 is 12.0 Å². The van der Waals surface area contributed by atoms with Crippen LogP contribution in [0.2, 0.25) is 0 Å². The molecule has 0 saturated carbocycles. The fourth-order valence-electron chi connectivity index (χ4n) is 4.51. The third-order valence-electron chi connectivity index (χ3n) is 6.28. The molecule has 8 heteroatoms. The Balaban J connectivity index is 1.76. The summed E-state index contributed by atoms with van der Waals surface area (Å²) in [5.74, 6) is 3.18. The highest BCUT2D eigenvalue weighted by Crippen LogP contribution is 2.35. The molecular formula is C32H26N2O5S. The van der Waals surface area contributed by atoms with E-state index >= 15 is 0 Å². The van der Waals surface area contributed by atoms with Gasteiger partial charge in [-0.25, -0.2) is 9.79 Å². The van der Waals surface area contributed by atoms with Crippen LogP contribution in [0.3, 0.4) is 0 Å². The number of benzene rings is 3. The van der Waals surface area contributed by atoms with Crippen molar-refractivity contribution in [2.24, 2.45) is 4.99 Å². The molecule has 0 bridgehead atoms. The largest absolute Gasteiger partial charge is 0.497 e. The van der Waals surface area contributed by atoms with Gasteiger partial charge in [-0.1, -0.05) is 71.9 Å². The Morgan fingerprint density at radius 2 is 1.85 bits per heavy atom. The number of carbonyl (C=O) groups is 1. The van der Waals surface area contributed by atoms with Crippen LogP contribution in [0.1, 0.15) is 29.7 Å². The topological polar surface area (TPSA) is 79.1 Å². The highest BCUT2D eigenvalue weighted by atomic mass is 32.1. The average Bonchev–Trinajstić information content (AvgIpc) is 3.30. The van der Waals surface area contributed by atoms with Crippen LogP contribution in [-0.4, -0.2) is 30.9 Å². The number of ether oxygens (including phenoxy) is 3. The monoisotopic (exact) mass is 550 g/mol. The van der Waals surface area contributed by atoms with Gasteiger partial charge in [0.25, 0.3) is 5.56 Å². The molecule has 0 spiro atoms. The van der Waals surface area contributed by atoms with E-state index in [2.05, 4.69) is 5.92 Å². The molecule has 200 valence electrons. The van der Waals surface area contributed by atoms with Crippen LogP contribution in [0.15, 0.2) is 94.2 Å². The van der Waals surface area contributed by atoms with E-state index in [0.717, 1.165) is 16.7 Å². The Morgan fingerprint density at radius 1 is 1.07 bits per heavy atom. The molecule has 2 heterocycles. The number of methoxy groups -OCH3 is 1. The van der Waals surface area contributed by atoms with Gasteiger partial charge >= 0.3 is 5.97 Å². The van der Waals surface area contributed by atoms with Gasteiger partial charge in [-0.3, -0.25) is 9.36 Å². The third kappa shape index (κ3) is 5.33. The second-order valence-electron chi connectivity index (χ2n) is 8.77. The van der Waals surface area contributed by atoms with Crippen LogP contribution in [0.25, 0.3) is 11.8 Å². The number of fused-ring (bicyclic) bond motifs is 1. The predicted molar refractivity (Wildman–Crippen MR) is 155 cm³/mol. The Kier molecular flexibility index (Phi) is 7.94. The van der Waals surface area contributed by atoms with Gasteiger partial charge in [0.1, 0.15) is 18.1 Å². The zero-order valence-corrected chi connectivity index (χ0v) is 22.8. The third-order valence-corrected chi connectivity index (χ3v) is 7.27. The minimum absolute atomic E-state index is 0.145. The van der Waals surface area contributed by atoms with Crippen LogP contribution in [0, 0.1) is 12.3 Å². The standard InChI is InChI=1S/C32H26N2O5S/c1-4-18-39-25-13-9-10-21(19-25)20-26-30(35)34-29(23-14-16-24(37-3)17-15-23)27(31(36)38-5-2)28(33-32(34)40-26)22-11-7-6-8-12-22/h1,6-17,19-20,29H,5,18H2,2-3H3/b26-20-/t29-/m1/s1. The molecule has 0 saturated heterocycles. The molecule has 0 radical (unpaired) electrons. The number of terminal acetylenes is 1. The van der Waals surface area contributed by atoms with Crippen molar-refractivity contribution in [3.8, 4) is 23.8 Å². The number of esters is 1. The van der Waals surface area contributed by atoms with Crippen molar-refractivity contribution in [2.75, 3.05) is 20.3 Å². The summed E-state index contributed by atoms with van der Waals surface area (Å²) >= 11 is 1.26. The van der Waals surface area contributed by atoms with Crippen molar-refractivity contribution >= 4 is 29.1 Å². The molecule has 1 aromatic heterocycles. The van der Waals surface area contributed by atoms with E-state index in [1.165, 1.54) is 11.3 Å². The van der Waals surface area contributed by atoms with E-state index in [1.54, 1.807) is 42.9 Å². The van der Waals surface area contributed by atoms with Crippen LogP contribution in [-0.2, 0) is 9.53 Å². The number of aromatic nitrogens is 1.